The van der Waals surface area contributed by atoms with Crippen LogP contribution in [0.2, 0.25) is 0 Å². The Hall–Kier alpha value is -0.245. The average molecular weight is 692 g/mol. The van der Waals surface area contributed by atoms with Gasteiger partial charge in [-0.1, -0.05) is 68.6 Å². The molecule has 0 saturated carbocycles. The van der Waals surface area contributed by atoms with Gasteiger partial charge in [0, 0.05) is 52.9 Å². The quantitative estimate of drug-likeness (QED) is 0.303. The van der Waals surface area contributed by atoms with Gasteiger partial charge in [-0.15, -0.1) is 17.1 Å². The minimum absolute atomic E-state index is 0. The third-order valence-electron chi connectivity index (χ3n) is 2.96. The normalized spacial score (nSPS) is 9.10. The van der Waals surface area contributed by atoms with E-state index in [2.05, 4.69) is 78.4 Å². The summed E-state index contributed by atoms with van der Waals surface area (Å²) in [6, 6.07) is 0. The molecule has 3 N–H and O–H groups in total. The predicted octanol–water partition coefficient (Wildman–Crippen LogP) is 2.20. The van der Waals surface area contributed by atoms with Gasteiger partial charge in [-0.3, -0.25) is 0 Å². The first kappa shape index (κ1) is 30.9. The van der Waals surface area contributed by atoms with E-state index in [0.717, 1.165) is 47.6 Å². The van der Waals surface area contributed by atoms with E-state index in [9.17, 15) is 0 Å². The molecular weight excluding hydrogens is 671 g/mol. The minimum Gasteiger partial charge on any atom is -0.578 e. The van der Waals surface area contributed by atoms with Gasteiger partial charge in [0.1, 0.15) is 0 Å². The number of nitrogens with zero attached hydrogens (tertiary/aromatic N) is 6. The zero-order chi connectivity index (χ0) is 22.0. The van der Waals surface area contributed by atoms with Crippen molar-refractivity contribution in [2.24, 2.45) is 0 Å². The van der Waals surface area contributed by atoms with Crippen LogP contribution in [0.4, 0.5) is 0 Å². The van der Waals surface area contributed by atoms with Crippen LogP contribution < -0.4 is 15.3 Å². The van der Waals surface area contributed by atoms with Gasteiger partial charge < -0.3 is 45.7 Å². The Kier molecular flexibility index (Phi) is 16.6. The van der Waals surface area contributed by atoms with Crippen molar-refractivity contribution in [3.8, 4) is 0 Å². The molecule has 3 aromatic heterocycles. The van der Waals surface area contributed by atoms with E-state index >= 15 is 0 Å². The van der Waals surface area contributed by atoms with E-state index < -0.39 is 7.32 Å². The Morgan fingerprint density at radius 2 is 0.759 bits per heavy atom. The van der Waals surface area contributed by atoms with E-state index in [0.29, 0.717) is 0 Å². The first-order valence-corrected chi connectivity index (χ1v) is 10.2. The number of aryl methyl sites for hydroxylation is 6. The van der Waals surface area contributed by atoms with Crippen molar-refractivity contribution >= 4 is 55.1 Å². The van der Waals surface area contributed by atoms with Crippen molar-refractivity contribution in [2.75, 3.05) is 0 Å². The number of rotatable bonds is 0. The number of halogens is 3. The summed E-state index contributed by atoms with van der Waals surface area (Å²) < 4.78 is 3.08. The maximum Gasteiger partial charge on any atom is 0.631 e. The second-order valence-corrected chi connectivity index (χ2v) is 7.78. The fraction of sp³-hybridized carbons (Fsp3) is 0.400. The van der Waals surface area contributed by atoms with Gasteiger partial charge in [0.15, 0.2) is 0 Å². The van der Waals surface area contributed by atoms with E-state index in [1.807, 2.05) is 41.5 Å². The Bertz CT molecular complexity index is 690. The molecule has 1 radical (unpaired) electrons. The summed E-state index contributed by atoms with van der Waals surface area (Å²) in [7, 11) is -2.17. The SMILES string of the molecule is Cc1n[n-]c(C)c1Br.Cc1n[n-]c(C)c1Br.Cc1n[n-]c(C)c1Br.OB(O)O.[Ag]. The number of aromatic nitrogens is 6. The molecule has 3 aromatic rings. The van der Waals surface area contributed by atoms with Crippen molar-refractivity contribution in [1.29, 1.82) is 0 Å². The van der Waals surface area contributed by atoms with Crippen molar-refractivity contribution < 1.29 is 37.5 Å². The smallest absolute Gasteiger partial charge is 0.578 e. The van der Waals surface area contributed by atoms with Gasteiger partial charge in [-0.25, -0.2) is 0 Å². The molecule has 3 heterocycles. The molecule has 14 heteroatoms. The van der Waals surface area contributed by atoms with Crippen molar-refractivity contribution in [3.05, 3.63) is 47.6 Å². The molecule has 29 heavy (non-hydrogen) atoms. The summed E-state index contributed by atoms with van der Waals surface area (Å²) in [4.78, 5) is 0. The molecule has 0 unspecified atom stereocenters. The van der Waals surface area contributed by atoms with E-state index in [4.69, 9.17) is 15.1 Å². The van der Waals surface area contributed by atoms with Gasteiger partial charge in [0.2, 0.25) is 0 Å². The van der Waals surface area contributed by atoms with Crippen LogP contribution in [0, 0.1) is 41.5 Å². The fourth-order valence-electron chi connectivity index (χ4n) is 1.50. The van der Waals surface area contributed by atoms with Crippen LogP contribution in [0.15, 0.2) is 13.4 Å². The van der Waals surface area contributed by atoms with Crippen molar-refractivity contribution in [3.63, 3.8) is 0 Å². The molecule has 0 aliphatic heterocycles. The third-order valence-corrected chi connectivity index (χ3v) is 6.40. The van der Waals surface area contributed by atoms with Crippen LogP contribution in [-0.4, -0.2) is 37.7 Å². The van der Waals surface area contributed by atoms with Crippen LogP contribution in [0.25, 0.3) is 0 Å². The predicted molar refractivity (Wildman–Crippen MR) is 117 cm³/mol. The molecule has 9 nitrogen and oxygen atoms in total. The second-order valence-electron chi connectivity index (χ2n) is 5.40. The van der Waals surface area contributed by atoms with E-state index in [1.165, 1.54) is 0 Å². The summed E-state index contributed by atoms with van der Waals surface area (Å²) in [5.41, 5.74) is 5.76. The molecular formula is C15H21AgBBr3N6O3-3. The standard InChI is InChI=1S/3C5H6BrN2.Ag.BH3O3/c3*1-3-5(6)4(2)8-7-3;;2-1(3)4/h3*1-2H3;;2-4H/q3*-1;;. The van der Waals surface area contributed by atoms with Gasteiger partial charge in [0.25, 0.3) is 0 Å². The largest absolute Gasteiger partial charge is 0.631 e. The molecule has 0 aliphatic rings. The maximum absolute atomic E-state index is 7.17. The zero-order valence-electron chi connectivity index (χ0n) is 16.5. The fourth-order valence-corrected chi connectivity index (χ4v) is 1.97. The van der Waals surface area contributed by atoms with Crippen LogP contribution in [0.5, 0.6) is 0 Å². The van der Waals surface area contributed by atoms with Gasteiger partial charge in [-0.05, 0) is 20.8 Å². The molecule has 0 spiro atoms. The maximum atomic E-state index is 7.17. The van der Waals surface area contributed by atoms with Crippen LogP contribution in [0.3, 0.4) is 0 Å². The Morgan fingerprint density at radius 3 is 0.793 bits per heavy atom. The molecule has 0 amide bonds. The topological polar surface area (TPSA) is 142 Å². The summed E-state index contributed by atoms with van der Waals surface area (Å²) in [5, 5.41) is 44.4. The average Bonchev–Trinajstić information content (AvgIpc) is 3.20. The molecule has 0 aromatic carbocycles. The summed E-state index contributed by atoms with van der Waals surface area (Å²) in [5.74, 6) is 0. The number of hydrogen-bond acceptors (Lipinski definition) is 6. The van der Waals surface area contributed by atoms with Gasteiger partial charge in [0.05, 0.1) is 0 Å². The number of hydrogen-bond donors (Lipinski definition) is 3. The van der Waals surface area contributed by atoms with Crippen molar-refractivity contribution in [2.45, 2.75) is 41.5 Å². The van der Waals surface area contributed by atoms with E-state index in [1.54, 1.807) is 0 Å². The van der Waals surface area contributed by atoms with Crippen molar-refractivity contribution in [1.82, 2.24) is 30.6 Å². The van der Waals surface area contributed by atoms with E-state index in [-0.39, 0.29) is 22.4 Å². The molecule has 0 atom stereocenters. The summed E-state index contributed by atoms with van der Waals surface area (Å²) in [6.07, 6.45) is 0. The minimum atomic E-state index is -2.17. The molecule has 0 bridgehead atoms. The van der Waals surface area contributed by atoms with Gasteiger partial charge >= 0.3 is 7.32 Å². The molecule has 0 saturated heterocycles. The Morgan fingerprint density at radius 1 is 0.586 bits per heavy atom. The van der Waals surface area contributed by atoms with Crippen LogP contribution in [0.1, 0.15) is 34.2 Å². The second kappa shape index (κ2) is 15.5. The monoisotopic (exact) mass is 688 g/mol. The molecule has 3 rings (SSSR count). The first-order valence-electron chi connectivity index (χ1n) is 7.78. The van der Waals surface area contributed by atoms with Gasteiger partial charge in [-0.2, -0.15) is 0 Å². The molecule has 0 fully saturated rings. The Balaban J connectivity index is 0. The van der Waals surface area contributed by atoms with Crippen LogP contribution in [-0.2, 0) is 22.4 Å². The first-order chi connectivity index (χ1) is 12.9. The third kappa shape index (κ3) is 12.3. The van der Waals surface area contributed by atoms with Crippen LogP contribution >= 0.6 is 47.8 Å². The summed E-state index contributed by atoms with van der Waals surface area (Å²) >= 11 is 9.97. The zero-order valence-corrected chi connectivity index (χ0v) is 22.8. The molecule has 167 valence electrons. The Labute approximate surface area is 210 Å². The molecule has 0 aliphatic carbocycles. The summed E-state index contributed by atoms with van der Waals surface area (Å²) in [6.45, 7) is 11.5.